The van der Waals surface area contributed by atoms with Crippen molar-refractivity contribution in [1.29, 1.82) is 0 Å². The van der Waals surface area contributed by atoms with Crippen LogP contribution < -0.4 is 11.1 Å². The molecule has 2 atom stereocenters. The van der Waals surface area contributed by atoms with Crippen molar-refractivity contribution in [3.63, 3.8) is 0 Å². The predicted octanol–water partition coefficient (Wildman–Crippen LogP) is 5.66. The van der Waals surface area contributed by atoms with E-state index in [-0.39, 0.29) is 29.5 Å². The molecule has 0 aliphatic heterocycles. The van der Waals surface area contributed by atoms with Crippen LogP contribution in [0.25, 0.3) is 0 Å². The summed E-state index contributed by atoms with van der Waals surface area (Å²) in [5.74, 6) is 0.571. The normalized spacial score (nSPS) is 11.7. The number of ketones is 2. The van der Waals surface area contributed by atoms with E-state index in [0.29, 0.717) is 50.5 Å². The maximum atomic E-state index is 11.9. The number of esters is 2. The van der Waals surface area contributed by atoms with Crippen molar-refractivity contribution in [1.82, 2.24) is 5.32 Å². The lowest BCUT2D eigenvalue weighted by atomic mass is 10.0. The summed E-state index contributed by atoms with van der Waals surface area (Å²) in [7, 11) is 2.74. The summed E-state index contributed by atoms with van der Waals surface area (Å²) in [4.78, 5) is 45.1. The van der Waals surface area contributed by atoms with Gasteiger partial charge in [0.25, 0.3) is 0 Å². The summed E-state index contributed by atoms with van der Waals surface area (Å²) in [6.07, 6.45) is 5.91. The third-order valence-corrected chi connectivity index (χ3v) is 6.48. The van der Waals surface area contributed by atoms with Gasteiger partial charge in [-0.25, -0.2) is 0 Å². The fraction of sp³-hybridized carbons (Fsp3) is 0.500. The quantitative estimate of drug-likeness (QED) is 0.174. The molecule has 2 aromatic rings. The van der Waals surface area contributed by atoms with Crippen LogP contribution in [0.15, 0.2) is 73.3 Å². The molecule has 0 unspecified atom stereocenters. The van der Waals surface area contributed by atoms with Crippen molar-refractivity contribution in [2.75, 3.05) is 20.8 Å². The monoisotopic (exact) mass is 610 g/mol. The number of methoxy groups -OCH3 is 2. The van der Waals surface area contributed by atoms with E-state index >= 15 is 0 Å². The number of nitrogens with two attached hydrogens (primary N) is 1. The molecule has 0 spiro atoms. The lowest BCUT2D eigenvalue weighted by molar-refractivity contribution is -0.144. The van der Waals surface area contributed by atoms with Crippen molar-refractivity contribution >= 4 is 23.5 Å². The lowest BCUT2D eigenvalue weighted by Gasteiger charge is -2.18. The van der Waals surface area contributed by atoms with Gasteiger partial charge in [-0.3, -0.25) is 19.2 Å². The Morgan fingerprint density at radius 2 is 1.23 bits per heavy atom. The Morgan fingerprint density at radius 3 is 1.66 bits per heavy atom. The van der Waals surface area contributed by atoms with Gasteiger partial charge in [0.15, 0.2) is 5.78 Å². The van der Waals surface area contributed by atoms with Crippen LogP contribution in [0.1, 0.15) is 70.9 Å². The number of nitrogens with one attached hydrogen (secondary N) is 1. The Morgan fingerprint density at radius 1 is 0.750 bits per heavy atom. The average Bonchev–Trinajstić information content (AvgIpc) is 3.02. The van der Waals surface area contributed by atoms with E-state index in [4.69, 9.17) is 10.5 Å². The van der Waals surface area contributed by atoms with Gasteiger partial charge >= 0.3 is 11.9 Å². The number of carbonyl (C=O) groups is 4. The van der Waals surface area contributed by atoms with Crippen molar-refractivity contribution in [2.45, 2.75) is 84.7 Å². The number of allylic oxidation sites excluding steroid dienone is 1. The molecule has 0 radical (unpaired) electrons. The largest absolute Gasteiger partial charge is 0.468 e. The maximum absolute atomic E-state index is 11.9. The van der Waals surface area contributed by atoms with E-state index in [1.807, 2.05) is 74.5 Å². The van der Waals surface area contributed by atoms with Crippen LogP contribution in [0.4, 0.5) is 0 Å². The first-order valence-corrected chi connectivity index (χ1v) is 15.3. The van der Waals surface area contributed by atoms with E-state index in [2.05, 4.69) is 30.5 Å². The number of hydrogen-bond donors (Lipinski definition) is 2. The van der Waals surface area contributed by atoms with Gasteiger partial charge in [0.2, 0.25) is 0 Å². The molecular weight excluding hydrogens is 556 g/mol. The van der Waals surface area contributed by atoms with Crippen molar-refractivity contribution < 1.29 is 28.7 Å². The first-order chi connectivity index (χ1) is 20.9. The molecule has 0 saturated carbocycles. The molecule has 44 heavy (non-hydrogen) atoms. The van der Waals surface area contributed by atoms with Gasteiger partial charge in [-0.1, -0.05) is 94.9 Å². The molecule has 0 aliphatic carbocycles. The Bertz CT molecular complexity index is 1090. The minimum Gasteiger partial charge on any atom is -0.468 e. The number of aryl methyl sites for hydroxylation is 2. The molecule has 0 aliphatic rings. The number of rotatable bonds is 17. The summed E-state index contributed by atoms with van der Waals surface area (Å²) < 4.78 is 9.24. The number of Topliss-reactive ketones (excluding diaryl/α,β-unsaturated/α-hetero) is 1. The van der Waals surface area contributed by atoms with E-state index in [1.54, 1.807) is 0 Å². The van der Waals surface area contributed by atoms with E-state index in [1.165, 1.54) is 31.4 Å². The molecular formula is C36H54N2O6. The van der Waals surface area contributed by atoms with Gasteiger partial charge < -0.3 is 20.5 Å². The van der Waals surface area contributed by atoms with Gasteiger partial charge in [-0.15, -0.1) is 0 Å². The second kappa shape index (κ2) is 24.8. The van der Waals surface area contributed by atoms with Gasteiger partial charge in [0.05, 0.1) is 14.2 Å². The Labute approximate surface area is 264 Å². The zero-order chi connectivity index (χ0) is 33.3. The first kappa shape index (κ1) is 40.4. The zero-order valence-electron chi connectivity index (χ0n) is 27.6. The van der Waals surface area contributed by atoms with Crippen LogP contribution >= 0.6 is 0 Å². The highest BCUT2D eigenvalue weighted by Crippen LogP contribution is 2.08. The van der Waals surface area contributed by atoms with E-state index in [0.717, 1.165) is 12.8 Å². The van der Waals surface area contributed by atoms with Crippen LogP contribution in [0, 0.1) is 11.8 Å². The SMILES string of the molecule is C=CC(=O)CCc1ccccc1.COC(=O)[C@@H](CC(C)C)NCCC(=O)CCc1ccccc1.COC(=O)[C@H](N)CC(C)C. The van der Waals surface area contributed by atoms with Crippen LogP contribution in [-0.2, 0) is 41.5 Å². The zero-order valence-corrected chi connectivity index (χ0v) is 27.6. The van der Waals surface area contributed by atoms with Gasteiger partial charge in [-0.2, -0.15) is 0 Å². The van der Waals surface area contributed by atoms with Gasteiger partial charge in [-0.05, 0) is 54.7 Å². The van der Waals surface area contributed by atoms with Crippen LogP contribution in [0.2, 0.25) is 0 Å². The van der Waals surface area contributed by atoms with Crippen molar-refractivity contribution in [3.05, 3.63) is 84.4 Å². The highest BCUT2D eigenvalue weighted by Gasteiger charge is 2.20. The summed E-state index contributed by atoms with van der Waals surface area (Å²) >= 11 is 0. The molecule has 3 N–H and O–H groups in total. The van der Waals surface area contributed by atoms with Gasteiger partial charge in [0.1, 0.15) is 17.9 Å². The predicted molar refractivity (Wildman–Crippen MR) is 177 cm³/mol. The molecule has 0 bridgehead atoms. The molecule has 0 amide bonds. The molecule has 0 fully saturated rings. The van der Waals surface area contributed by atoms with Crippen LogP contribution in [0.5, 0.6) is 0 Å². The summed E-state index contributed by atoms with van der Waals surface area (Å²) in [5.41, 5.74) is 7.83. The van der Waals surface area contributed by atoms with Crippen LogP contribution in [-0.4, -0.2) is 56.4 Å². The van der Waals surface area contributed by atoms with E-state index < -0.39 is 6.04 Å². The summed E-state index contributed by atoms with van der Waals surface area (Å²) in [6.45, 7) is 12.1. The average molecular weight is 611 g/mol. The second-order valence-corrected chi connectivity index (χ2v) is 11.3. The van der Waals surface area contributed by atoms with Gasteiger partial charge in [0, 0.05) is 25.8 Å². The molecule has 8 nitrogen and oxygen atoms in total. The first-order valence-electron chi connectivity index (χ1n) is 15.3. The minimum atomic E-state index is -0.454. The third kappa shape index (κ3) is 21.1. The smallest absolute Gasteiger partial charge is 0.322 e. The second-order valence-electron chi connectivity index (χ2n) is 11.3. The Hall–Kier alpha value is -3.62. The highest BCUT2D eigenvalue weighted by molar-refractivity contribution is 5.89. The summed E-state index contributed by atoms with van der Waals surface area (Å²) in [6, 6.07) is 19.2. The molecule has 8 heteroatoms. The number of benzene rings is 2. The van der Waals surface area contributed by atoms with Crippen molar-refractivity contribution in [2.24, 2.45) is 17.6 Å². The molecule has 244 valence electrons. The standard InChI is InChI=1S/C18H27NO3.C11H12O.C7H15NO2/c1-14(2)13-17(18(21)22-3)19-12-11-16(20)10-9-15-7-5-4-6-8-15;1-2-11(12)9-8-10-6-4-3-5-7-10;1-5(2)4-6(8)7(9)10-3/h4-8,14,17,19H,9-13H2,1-3H3;2-7H,1,8-9H2;5-6H,4,8H2,1-3H3/t17-;;6-/m1.1/s1. The minimum absolute atomic E-state index is 0.110. The number of hydrogen-bond acceptors (Lipinski definition) is 8. The Balaban J connectivity index is 0.000000705. The van der Waals surface area contributed by atoms with E-state index in [9.17, 15) is 19.2 Å². The fourth-order valence-corrected chi connectivity index (χ4v) is 4.09. The lowest BCUT2D eigenvalue weighted by Crippen LogP contribution is -2.39. The number of ether oxygens (including phenoxy) is 2. The van der Waals surface area contributed by atoms with Crippen LogP contribution in [0.3, 0.4) is 0 Å². The molecule has 0 saturated heterocycles. The third-order valence-electron chi connectivity index (χ3n) is 6.48. The maximum Gasteiger partial charge on any atom is 0.322 e. The van der Waals surface area contributed by atoms with Crippen molar-refractivity contribution in [3.8, 4) is 0 Å². The number of carbonyl (C=O) groups excluding carboxylic acids is 4. The molecule has 0 aromatic heterocycles. The fourth-order valence-electron chi connectivity index (χ4n) is 4.09. The highest BCUT2D eigenvalue weighted by atomic mass is 16.5. The molecule has 0 heterocycles. The Kier molecular flexibility index (Phi) is 22.7. The molecule has 2 aromatic carbocycles. The molecule has 2 rings (SSSR count). The topological polar surface area (TPSA) is 125 Å². The summed E-state index contributed by atoms with van der Waals surface area (Å²) in [5, 5.41) is 3.14.